The van der Waals surface area contributed by atoms with Crippen molar-refractivity contribution >= 4 is 11.9 Å². The fraction of sp³-hybridized carbons (Fsp3) is 0.263. The molecule has 2 aromatic rings. The van der Waals surface area contributed by atoms with Gasteiger partial charge >= 0.3 is 5.97 Å². The normalized spacial score (nSPS) is 15.1. The van der Waals surface area contributed by atoms with E-state index < -0.39 is 12.1 Å². The van der Waals surface area contributed by atoms with Gasteiger partial charge in [0.2, 0.25) is 6.10 Å². The number of hydrogen-bond donors (Lipinski definition) is 1. The highest BCUT2D eigenvalue weighted by atomic mass is 16.5. The van der Waals surface area contributed by atoms with Crippen molar-refractivity contribution < 1.29 is 19.4 Å². The van der Waals surface area contributed by atoms with E-state index in [1.54, 1.807) is 41.3 Å². The monoisotopic (exact) mass is 325 g/mol. The van der Waals surface area contributed by atoms with Crippen LogP contribution in [0.5, 0.6) is 5.75 Å². The lowest BCUT2D eigenvalue weighted by molar-refractivity contribution is -0.140. The first-order chi connectivity index (χ1) is 11.7. The second kappa shape index (κ2) is 7.17. The van der Waals surface area contributed by atoms with E-state index in [1.165, 1.54) is 12.1 Å². The fourth-order valence-electron chi connectivity index (χ4n) is 2.81. The Morgan fingerprint density at radius 3 is 2.25 bits per heavy atom. The van der Waals surface area contributed by atoms with Crippen LogP contribution in [0.2, 0.25) is 0 Å². The van der Waals surface area contributed by atoms with Gasteiger partial charge in [0, 0.05) is 18.7 Å². The van der Waals surface area contributed by atoms with Crippen LogP contribution in [0, 0.1) is 0 Å². The number of ether oxygens (including phenoxy) is 1. The Bertz CT molecular complexity index is 723. The van der Waals surface area contributed by atoms with Gasteiger partial charge in [0.15, 0.2) is 0 Å². The third-order valence-corrected chi connectivity index (χ3v) is 4.09. The summed E-state index contributed by atoms with van der Waals surface area (Å²) >= 11 is 0. The zero-order valence-electron chi connectivity index (χ0n) is 13.2. The lowest BCUT2D eigenvalue weighted by Crippen LogP contribution is -2.34. The van der Waals surface area contributed by atoms with Crippen molar-refractivity contribution in [3.63, 3.8) is 0 Å². The van der Waals surface area contributed by atoms with E-state index in [0.717, 1.165) is 12.8 Å². The van der Waals surface area contributed by atoms with E-state index in [2.05, 4.69) is 0 Å². The lowest BCUT2D eigenvalue weighted by Gasteiger charge is -2.23. The summed E-state index contributed by atoms with van der Waals surface area (Å²) in [7, 11) is 0. The summed E-state index contributed by atoms with van der Waals surface area (Å²) in [5, 5.41) is 9.82. The molecule has 124 valence electrons. The van der Waals surface area contributed by atoms with Crippen LogP contribution in [-0.4, -0.2) is 35.0 Å². The van der Waals surface area contributed by atoms with E-state index in [4.69, 9.17) is 4.74 Å². The largest absolute Gasteiger partial charge is 0.507 e. The Kier molecular flexibility index (Phi) is 4.79. The van der Waals surface area contributed by atoms with Crippen LogP contribution in [0.1, 0.15) is 34.9 Å². The summed E-state index contributed by atoms with van der Waals surface area (Å²) < 4.78 is 5.49. The minimum absolute atomic E-state index is 0.0488. The minimum atomic E-state index is -1.00. The summed E-state index contributed by atoms with van der Waals surface area (Å²) in [5.74, 6) is -1.10. The number of esters is 1. The first-order valence-electron chi connectivity index (χ1n) is 7.99. The van der Waals surface area contributed by atoms with Crippen LogP contribution in [-0.2, 0) is 9.53 Å². The maximum absolute atomic E-state index is 12.8. The van der Waals surface area contributed by atoms with Gasteiger partial charge in [-0.2, -0.15) is 0 Å². The average molecular weight is 325 g/mol. The number of carbonyl (C=O) groups excluding carboxylic acids is 2. The van der Waals surface area contributed by atoms with E-state index >= 15 is 0 Å². The number of benzene rings is 2. The van der Waals surface area contributed by atoms with Crippen molar-refractivity contribution in [1.82, 2.24) is 4.90 Å². The third-order valence-electron chi connectivity index (χ3n) is 4.09. The van der Waals surface area contributed by atoms with Gasteiger partial charge in [-0.25, -0.2) is 4.79 Å². The molecule has 1 saturated heterocycles. The molecule has 1 amide bonds. The van der Waals surface area contributed by atoms with E-state index in [0.29, 0.717) is 18.7 Å². The predicted molar refractivity (Wildman–Crippen MR) is 88.5 cm³/mol. The molecule has 0 saturated carbocycles. The van der Waals surface area contributed by atoms with Gasteiger partial charge in [0.1, 0.15) is 11.3 Å². The number of phenolic OH excluding ortho intramolecular Hbond substituents is 1. The molecule has 0 radical (unpaired) electrons. The molecule has 0 aliphatic carbocycles. The predicted octanol–water partition coefficient (Wildman–Crippen LogP) is 2.91. The van der Waals surface area contributed by atoms with Crippen molar-refractivity contribution in [3.8, 4) is 5.75 Å². The molecule has 1 aliphatic rings. The van der Waals surface area contributed by atoms with E-state index in [9.17, 15) is 14.7 Å². The first-order valence-corrected chi connectivity index (χ1v) is 7.99. The number of nitrogens with zero attached hydrogens (tertiary/aromatic N) is 1. The van der Waals surface area contributed by atoms with Crippen LogP contribution in [0.4, 0.5) is 0 Å². The van der Waals surface area contributed by atoms with Crippen molar-refractivity contribution in [2.75, 3.05) is 13.1 Å². The molecule has 24 heavy (non-hydrogen) atoms. The maximum Gasteiger partial charge on any atom is 0.343 e. The van der Waals surface area contributed by atoms with Crippen LogP contribution in [0.3, 0.4) is 0 Å². The molecule has 5 heteroatoms. The molecule has 1 aliphatic heterocycles. The molecule has 0 aromatic heterocycles. The second-order valence-electron chi connectivity index (χ2n) is 5.75. The van der Waals surface area contributed by atoms with Crippen LogP contribution < -0.4 is 0 Å². The fourth-order valence-corrected chi connectivity index (χ4v) is 2.81. The molecule has 2 aromatic carbocycles. The first kappa shape index (κ1) is 16.1. The Morgan fingerprint density at radius 2 is 1.58 bits per heavy atom. The minimum Gasteiger partial charge on any atom is -0.507 e. The van der Waals surface area contributed by atoms with Gasteiger partial charge in [-0.3, -0.25) is 4.79 Å². The zero-order valence-corrected chi connectivity index (χ0v) is 13.2. The number of phenols is 1. The van der Waals surface area contributed by atoms with Crippen LogP contribution in [0.25, 0.3) is 0 Å². The van der Waals surface area contributed by atoms with Gasteiger partial charge in [0.05, 0.1) is 0 Å². The topological polar surface area (TPSA) is 66.8 Å². The average Bonchev–Trinajstić information content (AvgIpc) is 3.15. The molecule has 0 unspecified atom stereocenters. The summed E-state index contributed by atoms with van der Waals surface area (Å²) in [6.45, 7) is 1.35. The molecule has 1 N–H and O–H groups in total. The second-order valence-corrected chi connectivity index (χ2v) is 5.75. The summed E-state index contributed by atoms with van der Waals surface area (Å²) in [6.07, 6.45) is 0.915. The molecular weight excluding hydrogens is 306 g/mol. The highest BCUT2D eigenvalue weighted by Gasteiger charge is 2.31. The smallest absolute Gasteiger partial charge is 0.343 e. The van der Waals surface area contributed by atoms with Gasteiger partial charge in [-0.15, -0.1) is 0 Å². The van der Waals surface area contributed by atoms with Gasteiger partial charge in [-0.1, -0.05) is 42.5 Å². The van der Waals surface area contributed by atoms with E-state index in [-0.39, 0.29) is 17.2 Å². The van der Waals surface area contributed by atoms with Gasteiger partial charge < -0.3 is 14.7 Å². The Morgan fingerprint density at radius 1 is 0.958 bits per heavy atom. The molecule has 0 spiro atoms. The van der Waals surface area contributed by atoms with Gasteiger partial charge in [0.25, 0.3) is 5.91 Å². The van der Waals surface area contributed by atoms with Gasteiger partial charge in [-0.05, 0) is 25.0 Å². The SMILES string of the molecule is O=C(O[C@@H](C(=O)N1CCCC1)c1ccccc1)c1ccccc1O. The quantitative estimate of drug-likeness (QED) is 0.878. The number of aromatic hydroxyl groups is 1. The van der Waals surface area contributed by atoms with Crippen molar-refractivity contribution in [2.24, 2.45) is 0 Å². The number of rotatable bonds is 4. The van der Waals surface area contributed by atoms with Crippen molar-refractivity contribution in [3.05, 3.63) is 65.7 Å². The molecular formula is C19H19NO4. The number of hydrogen-bond acceptors (Lipinski definition) is 4. The number of likely N-dealkylation sites (tertiary alicyclic amines) is 1. The molecule has 0 bridgehead atoms. The molecule has 1 atom stereocenters. The zero-order chi connectivity index (χ0) is 16.9. The van der Waals surface area contributed by atoms with Crippen molar-refractivity contribution in [1.29, 1.82) is 0 Å². The summed E-state index contributed by atoms with van der Waals surface area (Å²) in [4.78, 5) is 26.9. The Labute approximate surface area is 140 Å². The number of carbonyl (C=O) groups is 2. The van der Waals surface area contributed by atoms with E-state index in [1.807, 2.05) is 6.07 Å². The standard InChI is InChI=1S/C19H19NO4/c21-16-11-5-4-10-15(16)19(23)24-17(14-8-2-1-3-9-14)18(22)20-12-6-7-13-20/h1-5,8-11,17,21H,6-7,12-13H2/t17-/m1/s1. The molecule has 3 rings (SSSR count). The van der Waals surface area contributed by atoms with Crippen LogP contribution >= 0.6 is 0 Å². The molecule has 5 nitrogen and oxygen atoms in total. The lowest BCUT2D eigenvalue weighted by atomic mass is 10.1. The molecule has 1 heterocycles. The Balaban J connectivity index is 1.86. The highest BCUT2D eigenvalue weighted by Crippen LogP contribution is 2.26. The van der Waals surface area contributed by atoms with Crippen molar-refractivity contribution in [2.45, 2.75) is 18.9 Å². The third kappa shape index (κ3) is 3.40. The number of para-hydroxylation sites is 1. The Hall–Kier alpha value is -2.82. The summed E-state index contributed by atoms with van der Waals surface area (Å²) in [5.41, 5.74) is 0.672. The van der Waals surface area contributed by atoms with Crippen LogP contribution in [0.15, 0.2) is 54.6 Å². The summed E-state index contributed by atoms with van der Waals surface area (Å²) in [6, 6.07) is 15.1. The molecule has 1 fully saturated rings. The highest BCUT2D eigenvalue weighted by molar-refractivity contribution is 5.94. The number of amides is 1. The maximum atomic E-state index is 12.8.